The SMILES string of the molecule is CO[C@@H]1O[C@H](COCc2ccccc2)C[C@@H]1NCc1ccccc1. The fourth-order valence-electron chi connectivity index (χ4n) is 2.97. The first-order valence-electron chi connectivity index (χ1n) is 8.42. The molecule has 24 heavy (non-hydrogen) atoms. The van der Waals surface area contributed by atoms with Crippen molar-refractivity contribution in [2.45, 2.75) is 38.0 Å². The lowest BCUT2D eigenvalue weighted by Gasteiger charge is -2.18. The standard InChI is InChI=1S/C20H25NO3/c1-22-20-19(21-13-16-8-4-2-5-9-16)12-18(24-20)15-23-14-17-10-6-3-7-11-17/h2-11,18-21H,12-15H2,1H3/t18-,19-,20+/m0/s1. The summed E-state index contributed by atoms with van der Waals surface area (Å²) in [5.74, 6) is 0. The highest BCUT2D eigenvalue weighted by atomic mass is 16.7. The monoisotopic (exact) mass is 327 g/mol. The first-order chi connectivity index (χ1) is 11.8. The summed E-state index contributed by atoms with van der Waals surface area (Å²) < 4.78 is 17.2. The highest BCUT2D eigenvalue weighted by Crippen LogP contribution is 2.22. The number of hydrogen-bond donors (Lipinski definition) is 1. The van der Waals surface area contributed by atoms with Gasteiger partial charge in [-0.25, -0.2) is 0 Å². The molecule has 1 N–H and O–H groups in total. The summed E-state index contributed by atoms with van der Waals surface area (Å²) in [5.41, 5.74) is 2.44. The summed E-state index contributed by atoms with van der Waals surface area (Å²) in [5, 5.41) is 3.53. The van der Waals surface area contributed by atoms with Crippen molar-refractivity contribution in [3.63, 3.8) is 0 Å². The van der Waals surface area contributed by atoms with Gasteiger partial charge < -0.3 is 19.5 Å². The van der Waals surface area contributed by atoms with Crippen molar-refractivity contribution >= 4 is 0 Å². The lowest BCUT2D eigenvalue weighted by atomic mass is 10.1. The van der Waals surface area contributed by atoms with Crippen LogP contribution in [0.5, 0.6) is 0 Å². The molecule has 0 amide bonds. The maximum absolute atomic E-state index is 5.94. The van der Waals surface area contributed by atoms with Gasteiger partial charge >= 0.3 is 0 Å². The number of benzene rings is 2. The molecule has 1 fully saturated rings. The maximum atomic E-state index is 5.94. The van der Waals surface area contributed by atoms with E-state index in [0.29, 0.717) is 13.2 Å². The summed E-state index contributed by atoms with van der Waals surface area (Å²) in [7, 11) is 1.69. The Labute approximate surface area is 143 Å². The predicted molar refractivity (Wildman–Crippen MR) is 93.5 cm³/mol. The Morgan fingerprint density at radius 1 is 1.00 bits per heavy atom. The van der Waals surface area contributed by atoms with Crippen LogP contribution in [0.15, 0.2) is 60.7 Å². The van der Waals surface area contributed by atoms with Crippen molar-refractivity contribution in [1.82, 2.24) is 5.32 Å². The van der Waals surface area contributed by atoms with Crippen LogP contribution in [-0.4, -0.2) is 32.2 Å². The van der Waals surface area contributed by atoms with Gasteiger partial charge in [0.1, 0.15) is 0 Å². The number of hydrogen-bond acceptors (Lipinski definition) is 4. The predicted octanol–water partition coefficient (Wildman–Crippen LogP) is 3.12. The fourth-order valence-corrected chi connectivity index (χ4v) is 2.97. The second kappa shape index (κ2) is 8.94. The number of rotatable bonds is 8. The van der Waals surface area contributed by atoms with Crippen molar-refractivity contribution in [1.29, 1.82) is 0 Å². The van der Waals surface area contributed by atoms with E-state index in [9.17, 15) is 0 Å². The minimum Gasteiger partial charge on any atom is -0.374 e. The van der Waals surface area contributed by atoms with Gasteiger partial charge in [0.25, 0.3) is 0 Å². The molecule has 1 aliphatic heterocycles. The third-order valence-corrected chi connectivity index (χ3v) is 4.23. The molecule has 2 aromatic rings. The van der Waals surface area contributed by atoms with Gasteiger partial charge in [-0.15, -0.1) is 0 Å². The molecule has 0 radical (unpaired) electrons. The van der Waals surface area contributed by atoms with Crippen molar-refractivity contribution in [2.75, 3.05) is 13.7 Å². The first-order valence-corrected chi connectivity index (χ1v) is 8.42. The van der Waals surface area contributed by atoms with Gasteiger partial charge in [0.05, 0.1) is 25.4 Å². The average molecular weight is 327 g/mol. The zero-order chi connectivity index (χ0) is 16.6. The summed E-state index contributed by atoms with van der Waals surface area (Å²) in [6, 6.07) is 20.7. The Morgan fingerprint density at radius 2 is 1.67 bits per heavy atom. The molecule has 0 spiro atoms. The summed E-state index contributed by atoms with van der Waals surface area (Å²) in [6.07, 6.45) is 0.728. The molecule has 1 heterocycles. The molecule has 0 aromatic heterocycles. The Bertz CT molecular complexity index is 590. The Hall–Kier alpha value is -1.72. The largest absolute Gasteiger partial charge is 0.374 e. The van der Waals surface area contributed by atoms with E-state index in [1.165, 1.54) is 11.1 Å². The lowest BCUT2D eigenvalue weighted by Crippen LogP contribution is -2.36. The molecule has 0 unspecified atom stereocenters. The minimum absolute atomic E-state index is 0.0620. The van der Waals surface area contributed by atoms with Crippen LogP contribution in [0.2, 0.25) is 0 Å². The zero-order valence-electron chi connectivity index (χ0n) is 14.1. The van der Waals surface area contributed by atoms with E-state index in [0.717, 1.165) is 13.0 Å². The van der Waals surface area contributed by atoms with Crippen LogP contribution in [-0.2, 0) is 27.4 Å². The van der Waals surface area contributed by atoms with E-state index >= 15 is 0 Å². The number of ether oxygens (including phenoxy) is 3. The van der Waals surface area contributed by atoms with E-state index < -0.39 is 0 Å². The van der Waals surface area contributed by atoms with Gasteiger partial charge in [-0.3, -0.25) is 0 Å². The zero-order valence-corrected chi connectivity index (χ0v) is 14.1. The van der Waals surface area contributed by atoms with Gasteiger partial charge in [0.2, 0.25) is 0 Å². The van der Waals surface area contributed by atoms with E-state index in [2.05, 4.69) is 41.7 Å². The molecule has 128 valence electrons. The topological polar surface area (TPSA) is 39.7 Å². The Balaban J connectivity index is 1.43. The molecule has 0 saturated carbocycles. The molecule has 1 saturated heterocycles. The van der Waals surface area contributed by atoms with Crippen molar-refractivity contribution in [3.8, 4) is 0 Å². The molecule has 1 aliphatic rings. The lowest BCUT2D eigenvalue weighted by molar-refractivity contribution is -0.136. The summed E-state index contributed by atoms with van der Waals surface area (Å²) >= 11 is 0. The van der Waals surface area contributed by atoms with Gasteiger partial charge in [-0.05, 0) is 17.5 Å². The summed E-state index contributed by atoms with van der Waals surface area (Å²) in [4.78, 5) is 0. The molecule has 4 heteroatoms. The van der Waals surface area contributed by atoms with Crippen LogP contribution >= 0.6 is 0 Å². The van der Waals surface area contributed by atoms with Crippen molar-refractivity contribution < 1.29 is 14.2 Å². The first kappa shape index (κ1) is 17.1. The molecular weight excluding hydrogens is 302 g/mol. The normalized spacial score (nSPS) is 23.5. The van der Waals surface area contributed by atoms with Crippen LogP contribution < -0.4 is 5.32 Å². The molecule has 2 aromatic carbocycles. The van der Waals surface area contributed by atoms with Crippen LogP contribution in [0.25, 0.3) is 0 Å². The van der Waals surface area contributed by atoms with E-state index in [-0.39, 0.29) is 18.4 Å². The third kappa shape index (κ3) is 4.89. The van der Waals surface area contributed by atoms with E-state index in [1.807, 2.05) is 24.3 Å². The number of nitrogens with one attached hydrogen (secondary N) is 1. The summed E-state index contributed by atoms with van der Waals surface area (Å²) in [6.45, 7) is 2.01. The van der Waals surface area contributed by atoms with Crippen LogP contribution in [0.4, 0.5) is 0 Å². The van der Waals surface area contributed by atoms with Crippen LogP contribution in [0.3, 0.4) is 0 Å². The highest BCUT2D eigenvalue weighted by Gasteiger charge is 2.35. The van der Waals surface area contributed by atoms with E-state index in [1.54, 1.807) is 7.11 Å². The van der Waals surface area contributed by atoms with Crippen molar-refractivity contribution in [2.24, 2.45) is 0 Å². The van der Waals surface area contributed by atoms with Crippen LogP contribution in [0, 0.1) is 0 Å². The quantitative estimate of drug-likeness (QED) is 0.809. The molecule has 0 bridgehead atoms. The molecule has 0 aliphatic carbocycles. The second-order valence-electron chi connectivity index (χ2n) is 6.07. The highest BCUT2D eigenvalue weighted by molar-refractivity contribution is 5.14. The van der Waals surface area contributed by atoms with Crippen molar-refractivity contribution in [3.05, 3.63) is 71.8 Å². The molecular formula is C20H25NO3. The molecule has 3 rings (SSSR count). The second-order valence-corrected chi connectivity index (χ2v) is 6.07. The molecule has 3 atom stereocenters. The van der Waals surface area contributed by atoms with Crippen LogP contribution in [0.1, 0.15) is 17.5 Å². The Kier molecular flexibility index (Phi) is 6.38. The minimum atomic E-state index is -0.223. The van der Waals surface area contributed by atoms with Gasteiger partial charge in [-0.2, -0.15) is 0 Å². The third-order valence-electron chi connectivity index (χ3n) is 4.23. The average Bonchev–Trinajstić information content (AvgIpc) is 3.04. The van der Waals surface area contributed by atoms with Gasteiger partial charge in [-0.1, -0.05) is 60.7 Å². The fraction of sp³-hybridized carbons (Fsp3) is 0.400. The Morgan fingerprint density at radius 3 is 2.33 bits per heavy atom. The maximum Gasteiger partial charge on any atom is 0.172 e. The van der Waals surface area contributed by atoms with Gasteiger partial charge in [0, 0.05) is 13.7 Å². The van der Waals surface area contributed by atoms with Gasteiger partial charge in [0.15, 0.2) is 6.29 Å². The number of methoxy groups -OCH3 is 1. The smallest absolute Gasteiger partial charge is 0.172 e. The molecule has 4 nitrogen and oxygen atoms in total. The van der Waals surface area contributed by atoms with E-state index in [4.69, 9.17) is 14.2 Å².